The van der Waals surface area contributed by atoms with Crippen LogP contribution >= 0.6 is 0 Å². The van der Waals surface area contributed by atoms with Crippen LogP contribution in [0, 0.1) is 0 Å². The number of rotatable bonds is 7. The lowest BCUT2D eigenvalue weighted by atomic mass is 9.90. The monoisotopic (exact) mass is 715 g/mol. The zero-order valence-corrected chi connectivity index (χ0v) is 30.7. The Kier molecular flexibility index (Phi) is 8.55. The van der Waals surface area contributed by atoms with Crippen LogP contribution in [-0.2, 0) is 0 Å². The Morgan fingerprint density at radius 2 is 0.607 bits per heavy atom. The average Bonchev–Trinajstić information content (AvgIpc) is 3.41. The van der Waals surface area contributed by atoms with Crippen molar-refractivity contribution in [3.8, 4) is 78.3 Å². The van der Waals surface area contributed by atoms with E-state index in [0.29, 0.717) is 0 Å². The molecule has 1 aliphatic rings. The molecule has 1 aliphatic heterocycles. The fourth-order valence-electron chi connectivity index (χ4n) is 7.84. The van der Waals surface area contributed by atoms with Crippen LogP contribution in [0.3, 0.4) is 0 Å². The molecule has 0 N–H and O–H groups in total. The topological polar surface area (TPSA) is 12.5 Å². The van der Waals surface area contributed by atoms with Crippen molar-refractivity contribution in [1.82, 2.24) is 0 Å². The highest BCUT2D eigenvalue weighted by molar-refractivity contribution is 5.95. The summed E-state index contributed by atoms with van der Waals surface area (Å²) in [5, 5.41) is 0. The van der Waals surface area contributed by atoms with E-state index in [2.05, 4.69) is 229 Å². The summed E-state index contributed by atoms with van der Waals surface area (Å²) in [6.07, 6.45) is 0. The van der Waals surface area contributed by atoms with Gasteiger partial charge in [-0.3, -0.25) is 0 Å². The van der Waals surface area contributed by atoms with Crippen LogP contribution in [0.15, 0.2) is 224 Å². The number of benzene rings is 9. The Morgan fingerprint density at radius 3 is 1.11 bits per heavy atom. The molecule has 0 bridgehead atoms. The van der Waals surface area contributed by atoms with Crippen LogP contribution in [0.25, 0.3) is 66.8 Å². The van der Waals surface area contributed by atoms with E-state index in [1.807, 2.05) is 0 Å². The van der Waals surface area contributed by atoms with Crippen LogP contribution < -0.4 is 9.64 Å². The van der Waals surface area contributed by atoms with Crippen molar-refractivity contribution in [2.24, 2.45) is 0 Å². The van der Waals surface area contributed by atoms with E-state index >= 15 is 0 Å². The summed E-state index contributed by atoms with van der Waals surface area (Å²) in [5.41, 5.74) is 17.0. The molecule has 0 amide bonds. The van der Waals surface area contributed by atoms with Crippen molar-refractivity contribution in [2.45, 2.75) is 0 Å². The molecule has 56 heavy (non-hydrogen) atoms. The molecule has 1 heterocycles. The quantitative estimate of drug-likeness (QED) is 0.163. The van der Waals surface area contributed by atoms with Gasteiger partial charge < -0.3 is 9.64 Å². The number of ether oxygens (including phenoxy) is 1. The van der Waals surface area contributed by atoms with Crippen LogP contribution in [0.1, 0.15) is 0 Å². The summed E-state index contributed by atoms with van der Waals surface area (Å²) in [7, 11) is 0. The Hall–Kier alpha value is -7.42. The number of anilines is 3. The Balaban J connectivity index is 1.12. The average molecular weight is 716 g/mol. The van der Waals surface area contributed by atoms with Gasteiger partial charge in [0.15, 0.2) is 0 Å². The van der Waals surface area contributed by atoms with Gasteiger partial charge in [0.2, 0.25) is 0 Å². The van der Waals surface area contributed by atoms with Crippen molar-refractivity contribution in [1.29, 1.82) is 0 Å². The molecule has 0 saturated carbocycles. The molecule has 264 valence electrons. The molecule has 0 radical (unpaired) electrons. The third-order valence-electron chi connectivity index (χ3n) is 10.7. The molecule has 2 nitrogen and oxygen atoms in total. The molecule has 2 heteroatoms. The second kappa shape index (κ2) is 14.4. The van der Waals surface area contributed by atoms with Crippen LogP contribution in [0.5, 0.6) is 11.5 Å². The summed E-state index contributed by atoms with van der Waals surface area (Å²) in [5.74, 6) is 1.65. The number of hydrogen-bond acceptors (Lipinski definition) is 2. The van der Waals surface area contributed by atoms with Crippen molar-refractivity contribution >= 4 is 17.1 Å². The highest BCUT2D eigenvalue weighted by Gasteiger charge is 2.24. The van der Waals surface area contributed by atoms with Crippen molar-refractivity contribution in [3.63, 3.8) is 0 Å². The summed E-state index contributed by atoms with van der Waals surface area (Å²) in [6.45, 7) is 0. The molecule has 0 aliphatic carbocycles. The molecular weight excluding hydrogens is 679 g/mol. The van der Waals surface area contributed by atoms with E-state index in [4.69, 9.17) is 4.74 Å². The molecule has 0 atom stereocenters. The minimum atomic E-state index is 0.812. The van der Waals surface area contributed by atoms with Gasteiger partial charge in [0.05, 0.1) is 0 Å². The fraction of sp³-hybridized carbons (Fsp3) is 0. The minimum absolute atomic E-state index is 0.812. The van der Waals surface area contributed by atoms with Gasteiger partial charge in [-0.15, -0.1) is 0 Å². The summed E-state index contributed by atoms with van der Waals surface area (Å²) >= 11 is 0. The zero-order chi connectivity index (χ0) is 37.3. The van der Waals surface area contributed by atoms with E-state index in [1.54, 1.807) is 0 Å². The Labute approximate surface area is 328 Å². The largest absolute Gasteiger partial charge is 0.456 e. The normalized spacial score (nSPS) is 11.4. The van der Waals surface area contributed by atoms with E-state index in [0.717, 1.165) is 56.4 Å². The SMILES string of the molecule is c1ccc(-c2ccc(N(c3ccc(-c4ccccc4)cc3)c3ccc4c(c3)Oc3ccc(-c5ccccc5)cc3-c3ccc(-c5ccccc5)cc3-4)cc2)cc1. The van der Waals surface area contributed by atoms with Gasteiger partial charge in [-0.25, -0.2) is 0 Å². The van der Waals surface area contributed by atoms with Gasteiger partial charge in [0.1, 0.15) is 11.5 Å². The standard InChI is InChI=1S/C54H37NO/c1-5-13-38(14-6-1)42-21-27-46(28-22-42)55(47-29-23-43(24-30-47)39-15-7-2-8-16-39)48-31-33-50-51-35-44(40-17-9-3-10-18-40)25-32-49(51)52-36-45(41-19-11-4-12-20-41)26-34-53(52)56-54(50)37-48/h1-37H. The van der Waals surface area contributed by atoms with Gasteiger partial charge in [-0.05, 0) is 110 Å². The molecule has 0 spiro atoms. The first-order chi connectivity index (χ1) is 27.7. The zero-order valence-electron chi connectivity index (χ0n) is 30.7. The van der Waals surface area contributed by atoms with E-state index in [1.165, 1.54) is 38.9 Å². The second-order valence-electron chi connectivity index (χ2n) is 14.1. The Morgan fingerprint density at radius 1 is 0.232 bits per heavy atom. The maximum absolute atomic E-state index is 7.01. The highest BCUT2D eigenvalue weighted by atomic mass is 16.5. The first kappa shape index (κ1) is 33.2. The van der Waals surface area contributed by atoms with Crippen LogP contribution in [-0.4, -0.2) is 0 Å². The molecule has 9 aromatic rings. The summed E-state index contributed by atoms with van der Waals surface area (Å²) in [4.78, 5) is 2.32. The molecule has 9 aromatic carbocycles. The van der Waals surface area contributed by atoms with E-state index in [-0.39, 0.29) is 0 Å². The molecule has 0 unspecified atom stereocenters. The van der Waals surface area contributed by atoms with Gasteiger partial charge in [-0.2, -0.15) is 0 Å². The van der Waals surface area contributed by atoms with Gasteiger partial charge >= 0.3 is 0 Å². The van der Waals surface area contributed by atoms with E-state index in [9.17, 15) is 0 Å². The predicted octanol–water partition coefficient (Wildman–Crippen LogP) is 15.3. The maximum atomic E-state index is 7.01. The molecular formula is C54H37NO. The first-order valence-corrected chi connectivity index (χ1v) is 19.1. The van der Waals surface area contributed by atoms with Gasteiger partial charge in [0, 0.05) is 34.3 Å². The predicted molar refractivity (Wildman–Crippen MR) is 234 cm³/mol. The van der Waals surface area contributed by atoms with Crippen molar-refractivity contribution in [3.05, 3.63) is 224 Å². The third-order valence-corrected chi connectivity index (χ3v) is 10.7. The number of nitrogens with zero attached hydrogens (tertiary/aromatic N) is 1. The molecule has 0 saturated heterocycles. The van der Waals surface area contributed by atoms with Gasteiger partial charge in [0.25, 0.3) is 0 Å². The minimum Gasteiger partial charge on any atom is -0.456 e. The summed E-state index contributed by atoms with van der Waals surface area (Å²) < 4.78 is 7.01. The van der Waals surface area contributed by atoms with Crippen molar-refractivity contribution in [2.75, 3.05) is 4.90 Å². The number of hydrogen-bond donors (Lipinski definition) is 0. The summed E-state index contributed by atoms with van der Waals surface area (Å²) in [6, 6.07) is 79.9. The molecule has 10 rings (SSSR count). The van der Waals surface area contributed by atoms with Crippen LogP contribution in [0.4, 0.5) is 17.1 Å². The first-order valence-electron chi connectivity index (χ1n) is 19.1. The molecule has 0 aromatic heterocycles. The smallest absolute Gasteiger partial charge is 0.137 e. The lowest BCUT2D eigenvalue weighted by Crippen LogP contribution is -2.10. The third kappa shape index (κ3) is 6.34. The Bertz CT molecular complexity index is 2700. The van der Waals surface area contributed by atoms with Crippen molar-refractivity contribution < 1.29 is 4.74 Å². The second-order valence-corrected chi connectivity index (χ2v) is 14.1. The lowest BCUT2D eigenvalue weighted by Gasteiger charge is -2.27. The maximum Gasteiger partial charge on any atom is 0.137 e. The molecule has 0 fully saturated rings. The van der Waals surface area contributed by atoms with Crippen LogP contribution in [0.2, 0.25) is 0 Å². The fourth-order valence-corrected chi connectivity index (χ4v) is 7.84. The van der Waals surface area contributed by atoms with Gasteiger partial charge in [-0.1, -0.05) is 164 Å². The van der Waals surface area contributed by atoms with E-state index < -0.39 is 0 Å². The lowest BCUT2D eigenvalue weighted by molar-refractivity contribution is 0.488. The highest BCUT2D eigenvalue weighted by Crippen LogP contribution is 2.50. The number of fused-ring (bicyclic) bond motifs is 5.